The highest BCUT2D eigenvalue weighted by Gasteiger charge is 2.00. The van der Waals surface area contributed by atoms with E-state index in [4.69, 9.17) is 6.42 Å². The Kier molecular flexibility index (Phi) is 3.58. The third kappa shape index (κ3) is 2.62. The quantitative estimate of drug-likeness (QED) is 0.549. The molecule has 0 aliphatic heterocycles. The van der Waals surface area contributed by atoms with Gasteiger partial charge in [0.25, 0.3) is 0 Å². The topological polar surface area (TPSA) is 0 Å². The van der Waals surface area contributed by atoms with Gasteiger partial charge in [-0.15, -0.1) is 6.42 Å². The van der Waals surface area contributed by atoms with Crippen LogP contribution in [0.3, 0.4) is 0 Å². The molecule has 16 heavy (non-hydrogen) atoms. The molecule has 0 unspecified atom stereocenters. The molecule has 0 aliphatic rings. The van der Waals surface area contributed by atoms with Crippen molar-refractivity contribution >= 4 is 14.7 Å². The van der Waals surface area contributed by atoms with Crippen LogP contribution in [0.2, 0.25) is 0 Å². The van der Waals surface area contributed by atoms with Gasteiger partial charge in [0.2, 0.25) is 0 Å². The maximum atomic E-state index is 5.47. The smallest absolute Gasteiger partial charge is 0.0856 e. The van der Waals surface area contributed by atoms with Crippen LogP contribution in [0.25, 0.3) is 0 Å². The Morgan fingerprint density at radius 2 is 1.62 bits per heavy atom. The van der Waals surface area contributed by atoms with Gasteiger partial charge in [-0.2, -0.15) is 0 Å². The average Bonchev–Trinajstić information content (AvgIpc) is 2.38. The fourth-order valence-electron chi connectivity index (χ4n) is 1.57. The molecular formula is C15H12Si. The molecule has 0 amide bonds. The minimum absolute atomic E-state index is 0.786. The lowest BCUT2D eigenvalue weighted by Gasteiger charge is -2.03. The van der Waals surface area contributed by atoms with Gasteiger partial charge in [-0.25, -0.2) is 0 Å². The lowest BCUT2D eigenvalue weighted by atomic mass is 10.1. The van der Waals surface area contributed by atoms with Crippen LogP contribution in [0.5, 0.6) is 0 Å². The largest absolute Gasteiger partial charge is 0.115 e. The highest BCUT2D eigenvalue weighted by molar-refractivity contribution is 6.52. The van der Waals surface area contributed by atoms with Gasteiger partial charge in [-0.1, -0.05) is 59.6 Å². The third-order valence-corrected chi connectivity index (χ3v) is 3.73. The van der Waals surface area contributed by atoms with Crippen molar-refractivity contribution in [3.63, 3.8) is 0 Å². The van der Waals surface area contributed by atoms with E-state index in [0.29, 0.717) is 0 Å². The van der Waals surface area contributed by atoms with Crippen LogP contribution in [0, 0.1) is 12.3 Å². The number of terminal acetylenes is 1. The zero-order valence-electron chi connectivity index (χ0n) is 8.98. The van der Waals surface area contributed by atoms with E-state index in [-0.39, 0.29) is 0 Å². The zero-order chi connectivity index (χ0) is 11.2. The van der Waals surface area contributed by atoms with Crippen molar-refractivity contribution in [3.05, 3.63) is 65.7 Å². The van der Waals surface area contributed by atoms with E-state index in [0.717, 1.165) is 21.1 Å². The summed E-state index contributed by atoms with van der Waals surface area (Å²) in [7, 11) is 0.786. The highest BCUT2D eigenvalue weighted by atomic mass is 28.2. The van der Waals surface area contributed by atoms with Gasteiger partial charge >= 0.3 is 0 Å². The molecule has 0 N–H and O–H groups in total. The summed E-state index contributed by atoms with van der Waals surface area (Å²) in [5, 5.41) is 1.38. The van der Waals surface area contributed by atoms with E-state index >= 15 is 0 Å². The molecule has 0 spiro atoms. The Balaban J connectivity index is 2.09. The first-order valence-electron chi connectivity index (χ1n) is 5.23. The summed E-state index contributed by atoms with van der Waals surface area (Å²) in [6, 6.07) is 19.7. The van der Waals surface area contributed by atoms with E-state index in [2.05, 4.69) is 36.3 Å². The molecule has 0 nitrogen and oxygen atoms in total. The Hall–Kier alpha value is -1.78. The van der Waals surface area contributed by atoms with Crippen LogP contribution in [0.4, 0.5) is 0 Å². The van der Waals surface area contributed by atoms with E-state index in [9.17, 15) is 0 Å². The second kappa shape index (κ2) is 5.34. The molecule has 0 saturated heterocycles. The Morgan fingerprint density at radius 3 is 2.38 bits per heavy atom. The fourth-order valence-corrected chi connectivity index (χ4v) is 2.70. The lowest BCUT2D eigenvalue weighted by molar-refractivity contribution is 1.36. The third-order valence-electron chi connectivity index (χ3n) is 2.43. The van der Waals surface area contributed by atoms with Gasteiger partial charge in [0.15, 0.2) is 0 Å². The van der Waals surface area contributed by atoms with E-state index in [1.165, 1.54) is 10.8 Å². The van der Waals surface area contributed by atoms with Crippen LogP contribution in [0.1, 0.15) is 11.1 Å². The maximum absolute atomic E-state index is 5.47. The van der Waals surface area contributed by atoms with Crippen LogP contribution >= 0.6 is 0 Å². The molecule has 0 heterocycles. The van der Waals surface area contributed by atoms with Gasteiger partial charge in [0.1, 0.15) is 0 Å². The molecule has 0 saturated carbocycles. The predicted octanol–water partition coefficient (Wildman–Crippen LogP) is 2.20. The average molecular weight is 220 g/mol. The minimum Gasteiger partial charge on any atom is -0.115 e. The monoisotopic (exact) mass is 220 g/mol. The molecule has 2 radical (unpaired) electrons. The fraction of sp³-hybridized carbons (Fsp3) is 0.0667. The van der Waals surface area contributed by atoms with Crippen molar-refractivity contribution in [2.24, 2.45) is 0 Å². The Labute approximate surface area is 99.2 Å². The second-order valence-electron chi connectivity index (χ2n) is 3.52. The van der Waals surface area contributed by atoms with Crippen molar-refractivity contribution in [3.8, 4) is 12.3 Å². The summed E-state index contributed by atoms with van der Waals surface area (Å²) in [5.41, 5.74) is 2.29. The molecule has 0 atom stereocenters. The van der Waals surface area contributed by atoms with Gasteiger partial charge in [0, 0.05) is 5.56 Å². The van der Waals surface area contributed by atoms with Gasteiger partial charge in [0.05, 0.1) is 9.52 Å². The van der Waals surface area contributed by atoms with Crippen molar-refractivity contribution in [2.45, 2.75) is 6.04 Å². The standard InChI is InChI=1S/C15H12Si/c1-2-13-8-6-7-9-14(13)12-16-15-10-4-3-5-11-15/h1,3-11H,12H2. The highest BCUT2D eigenvalue weighted by Crippen LogP contribution is 2.07. The first-order chi connectivity index (χ1) is 7.90. The number of benzene rings is 2. The normalized spacial score (nSPS) is 9.69. The molecule has 2 rings (SSSR count). The summed E-state index contributed by atoms with van der Waals surface area (Å²) in [6.45, 7) is 0. The first kappa shape index (κ1) is 10.7. The van der Waals surface area contributed by atoms with Gasteiger partial charge in [-0.3, -0.25) is 0 Å². The van der Waals surface area contributed by atoms with Gasteiger partial charge < -0.3 is 0 Å². The number of rotatable bonds is 3. The molecule has 0 aromatic heterocycles. The SMILES string of the molecule is C#Cc1ccccc1C[Si]c1ccccc1. The van der Waals surface area contributed by atoms with Crippen LogP contribution < -0.4 is 5.19 Å². The molecule has 1 heteroatoms. The van der Waals surface area contributed by atoms with Crippen molar-refractivity contribution in [2.75, 3.05) is 0 Å². The number of hydrogen-bond acceptors (Lipinski definition) is 0. The molecule has 0 aliphatic carbocycles. The predicted molar refractivity (Wildman–Crippen MR) is 69.9 cm³/mol. The van der Waals surface area contributed by atoms with E-state index < -0.39 is 0 Å². The molecular weight excluding hydrogens is 208 g/mol. The molecule has 2 aromatic rings. The molecule has 0 fully saturated rings. The van der Waals surface area contributed by atoms with Crippen molar-refractivity contribution in [1.82, 2.24) is 0 Å². The zero-order valence-corrected chi connectivity index (χ0v) is 9.98. The number of hydrogen-bond donors (Lipinski definition) is 0. The van der Waals surface area contributed by atoms with E-state index in [1.807, 2.05) is 24.3 Å². The Bertz CT molecular complexity index is 494. The molecule has 76 valence electrons. The Morgan fingerprint density at radius 1 is 0.938 bits per heavy atom. The summed E-state index contributed by atoms with van der Waals surface area (Å²) < 4.78 is 0. The minimum atomic E-state index is 0.786. The molecule has 2 aromatic carbocycles. The summed E-state index contributed by atoms with van der Waals surface area (Å²) in [6.07, 6.45) is 5.47. The van der Waals surface area contributed by atoms with Crippen LogP contribution in [-0.2, 0) is 6.04 Å². The van der Waals surface area contributed by atoms with Crippen LogP contribution in [-0.4, -0.2) is 9.52 Å². The summed E-state index contributed by atoms with van der Waals surface area (Å²) in [4.78, 5) is 0. The van der Waals surface area contributed by atoms with E-state index in [1.54, 1.807) is 0 Å². The lowest BCUT2D eigenvalue weighted by Crippen LogP contribution is -2.16. The summed E-state index contributed by atoms with van der Waals surface area (Å²) in [5.74, 6) is 2.74. The van der Waals surface area contributed by atoms with Gasteiger partial charge in [-0.05, 0) is 17.7 Å². The second-order valence-corrected chi connectivity index (χ2v) is 4.81. The van der Waals surface area contributed by atoms with Crippen molar-refractivity contribution in [1.29, 1.82) is 0 Å². The first-order valence-corrected chi connectivity index (χ1v) is 6.44. The maximum Gasteiger partial charge on any atom is 0.0856 e. The summed E-state index contributed by atoms with van der Waals surface area (Å²) >= 11 is 0. The van der Waals surface area contributed by atoms with Crippen molar-refractivity contribution < 1.29 is 0 Å². The molecule has 0 bridgehead atoms. The van der Waals surface area contributed by atoms with Crippen LogP contribution in [0.15, 0.2) is 54.6 Å².